The van der Waals surface area contributed by atoms with Crippen molar-refractivity contribution in [1.82, 2.24) is 9.78 Å². The molecule has 0 bridgehead atoms. The number of aromatic nitrogens is 2. The second kappa shape index (κ2) is 9.14. The molecule has 0 spiro atoms. The zero-order chi connectivity index (χ0) is 22.1. The van der Waals surface area contributed by atoms with Crippen molar-refractivity contribution in [2.45, 2.75) is 53.0 Å². The number of nitrogens with zero attached hydrogens (tertiary/aromatic N) is 2. The lowest BCUT2D eigenvalue weighted by Crippen LogP contribution is -2.15. The van der Waals surface area contributed by atoms with Crippen molar-refractivity contribution in [2.24, 2.45) is 0 Å². The van der Waals surface area contributed by atoms with Crippen LogP contribution in [0, 0.1) is 13.8 Å². The van der Waals surface area contributed by atoms with E-state index in [0.29, 0.717) is 33.6 Å². The quantitative estimate of drug-likeness (QED) is 0.467. The first-order chi connectivity index (χ1) is 14.9. The molecular formula is C22H24ClN3O3S2. The Balaban J connectivity index is 1.54. The van der Waals surface area contributed by atoms with Crippen LogP contribution in [0.2, 0.25) is 5.02 Å². The van der Waals surface area contributed by atoms with Crippen molar-refractivity contribution < 1.29 is 14.3 Å². The first-order valence-electron chi connectivity index (χ1n) is 10.3. The van der Waals surface area contributed by atoms with Crippen molar-refractivity contribution in [3.8, 4) is 0 Å². The summed E-state index contributed by atoms with van der Waals surface area (Å²) in [4.78, 5) is 27.3. The Morgan fingerprint density at radius 1 is 1.29 bits per heavy atom. The Bertz CT molecular complexity index is 1150. The van der Waals surface area contributed by atoms with Crippen molar-refractivity contribution in [3.63, 3.8) is 0 Å². The molecule has 0 unspecified atom stereocenters. The standard InChI is InChI=1S/C22H24ClN3O3S2/c1-4-29-22(28)18-15-7-5-6-8-16(15)31-21(18)24-20(27)17-9-14(11-30-17)10-26-13(3)19(23)12(2)25-26/h9,11H,4-8,10H2,1-3H3,(H,24,27). The zero-order valence-corrected chi connectivity index (χ0v) is 20.1. The number of thiophene rings is 2. The Morgan fingerprint density at radius 3 is 2.77 bits per heavy atom. The molecule has 1 aliphatic carbocycles. The van der Waals surface area contributed by atoms with Gasteiger partial charge in [0.2, 0.25) is 0 Å². The molecule has 0 saturated carbocycles. The largest absolute Gasteiger partial charge is 0.462 e. The minimum Gasteiger partial charge on any atom is -0.462 e. The Labute approximate surface area is 194 Å². The Kier molecular flexibility index (Phi) is 6.50. The van der Waals surface area contributed by atoms with E-state index in [-0.39, 0.29) is 11.9 Å². The van der Waals surface area contributed by atoms with Gasteiger partial charge in [-0.1, -0.05) is 11.6 Å². The summed E-state index contributed by atoms with van der Waals surface area (Å²) in [5.41, 5.74) is 4.25. The van der Waals surface area contributed by atoms with Crippen LogP contribution >= 0.6 is 34.3 Å². The average Bonchev–Trinajstić information content (AvgIpc) is 3.42. The van der Waals surface area contributed by atoms with Gasteiger partial charge in [0.1, 0.15) is 5.00 Å². The second-order valence-corrected chi connectivity index (χ2v) is 9.95. The number of hydrogen-bond donors (Lipinski definition) is 1. The number of esters is 1. The molecule has 9 heteroatoms. The van der Waals surface area contributed by atoms with Crippen LogP contribution in [0.4, 0.5) is 5.00 Å². The van der Waals surface area contributed by atoms with Crippen LogP contribution in [-0.4, -0.2) is 28.3 Å². The van der Waals surface area contributed by atoms with Gasteiger partial charge in [-0.2, -0.15) is 5.10 Å². The lowest BCUT2D eigenvalue weighted by Gasteiger charge is -2.12. The van der Waals surface area contributed by atoms with Crippen LogP contribution < -0.4 is 5.32 Å². The van der Waals surface area contributed by atoms with Crippen LogP contribution in [0.5, 0.6) is 0 Å². The molecule has 4 rings (SSSR count). The predicted molar refractivity (Wildman–Crippen MR) is 125 cm³/mol. The number of halogens is 1. The van der Waals surface area contributed by atoms with E-state index in [1.807, 2.05) is 30.0 Å². The van der Waals surface area contributed by atoms with E-state index in [2.05, 4.69) is 10.4 Å². The van der Waals surface area contributed by atoms with Crippen molar-refractivity contribution in [2.75, 3.05) is 11.9 Å². The van der Waals surface area contributed by atoms with Crippen LogP contribution in [-0.2, 0) is 24.1 Å². The molecule has 3 heterocycles. The first kappa shape index (κ1) is 22.0. The van der Waals surface area contributed by atoms with Gasteiger partial charge in [-0.05, 0) is 69.0 Å². The highest BCUT2D eigenvalue weighted by Crippen LogP contribution is 2.39. The minimum absolute atomic E-state index is 0.216. The number of ether oxygens (including phenoxy) is 1. The number of carbonyl (C=O) groups excluding carboxylic acids is 2. The van der Waals surface area contributed by atoms with Gasteiger partial charge in [0.15, 0.2) is 0 Å². The summed E-state index contributed by atoms with van der Waals surface area (Å²) in [6.07, 6.45) is 3.95. The third-order valence-corrected chi connectivity index (χ3v) is 8.11. The molecule has 3 aromatic heterocycles. The van der Waals surface area contributed by atoms with Gasteiger partial charge in [0.25, 0.3) is 5.91 Å². The van der Waals surface area contributed by atoms with Crippen LogP contribution in [0.25, 0.3) is 0 Å². The number of nitrogens with one attached hydrogen (secondary N) is 1. The maximum atomic E-state index is 13.0. The van der Waals surface area contributed by atoms with E-state index < -0.39 is 0 Å². The van der Waals surface area contributed by atoms with E-state index in [1.165, 1.54) is 27.6 Å². The molecule has 31 heavy (non-hydrogen) atoms. The van der Waals surface area contributed by atoms with Crippen molar-refractivity contribution in [3.05, 3.63) is 54.3 Å². The van der Waals surface area contributed by atoms with Gasteiger partial charge in [-0.15, -0.1) is 22.7 Å². The number of anilines is 1. The zero-order valence-electron chi connectivity index (χ0n) is 17.7. The highest BCUT2D eigenvalue weighted by atomic mass is 35.5. The highest BCUT2D eigenvalue weighted by molar-refractivity contribution is 7.17. The molecule has 0 fully saturated rings. The van der Waals surface area contributed by atoms with Gasteiger partial charge in [0.05, 0.1) is 40.0 Å². The molecule has 1 N–H and O–H groups in total. The normalized spacial score (nSPS) is 13.2. The topological polar surface area (TPSA) is 73.2 Å². The Morgan fingerprint density at radius 2 is 2.06 bits per heavy atom. The molecular weight excluding hydrogens is 454 g/mol. The fraction of sp³-hybridized carbons (Fsp3) is 0.409. The molecule has 0 aliphatic heterocycles. The van der Waals surface area contributed by atoms with Crippen LogP contribution in [0.15, 0.2) is 11.4 Å². The van der Waals surface area contributed by atoms with Crippen molar-refractivity contribution >= 4 is 51.2 Å². The Hall–Kier alpha value is -2.16. The van der Waals surface area contributed by atoms with E-state index in [1.54, 1.807) is 6.92 Å². The molecule has 0 radical (unpaired) electrons. The lowest BCUT2D eigenvalue weighted by molar-refractivity contribution is 0.0526. The second-order valence-electron chi connectivity index (χ2n) is 7.55. The molecule has 0 atom stereocenters. The van der Waals surface area contributed by atoms with Crippen molar-refractivity contribution in [1.29, 1.82) is 0 Å². The molecule has 164 valence electrons. The van der Waals surface area contributed by atoms with Crippen LogP contribution in [0.3, 0.4) is 0 Å². The first-order valence-corrected chi connectivity index (χ1v) is 12.4. The lowest BCUT2D eigenvalue weighted by atomic mass is 9.95. The highest BCUT2D eigenvalue weighted by Gasteiger charge is 2.27. The van der Waals surface area contributed by atoms with E-state index in [4.69, 9.17) is 16.3 Å². The summed E-state index contributed by atoms with van der Waals surface area (Å²) in [5.74, 6) is -0.572. The third kappa shape index (κ3) is 4.42. The smallest absolute Gasteiger partial charge is 0.341 e. The molecule has 0 aromatic carbocycles. The summed E-state index contributed by atoms with van der Waals surface area (Å²) in [6, 6.07) is 1.86. The summed E-state index contributed by atoms with van der Waals surface area (Å²) < 4.78 is 7.11. The van der Waals surface area contributed by atoms with Gasteiger partial charge in [-0.25, -0.2) is 4.79 Å². The summed E-state index contributed by atoms with van der Waals surface area (Å²) in [5, 5.41) is 10.6. The maximum absolute atomic E-state index is 13.0. The number of hydrogen-bond acceptors (Lipinski definition) is 6. The van der Waals surface area contributed by atoms with E-state index in [9.17, 15) is 9.59 Å². The molecule has 6 nitrogen and oxygen atoms in total. The number of fused-ring (bicyclic) bond motifs is 1. The fourth-order valence-electron chi connectivity index (χ4n) is 3.82. The third-order valence-electron chi connectivity index (χ3n) is 5.38. The number of amides is 1. The monoisotopic (exact) mass is 477 g/mol. The minimum atomic E-state index is -0.356. The summed E-state index contributed by atoms with van der Waals surface area (Å²) >= 11 is 9.11. The summed E-state index contributed by atoms with van der Waals surface area (Å²) in [6.45, 7) is 6.45. The van der Waals surface area contributed by atoms with E-state index in [0.717, 1.165) is 48.2 Å². The number of carbonyl (C=O) groups is 2. The SMILES string of the molecule is CCOC(=O)c1c(NC(=O)c2cc(Cn3nc(C)c(Cl)c3C)cs2)sc2c1CCCC2. The predicted octanol–water partition coefficient (Wildman–Crippen LogP) is 5.63. The van der Waals surface area contributed by atoms with Gasteiger partial charge in [-0.3, -0.25) is 9.48 Å². The fourth-order valence-corrected chi connectivity index (χ4v) is 6.02. The average molecular weight is 478 g/mol. The molecule has 3 aromatic rings. The molecule has 1 aliphatic rings. The van der Waals surface area contributed by atoms with Gasteiger partial charge < -0.3 is 10.1 Å². The molecule has 0 saturated heterocycles. The van der Waals surface area contributed by atoms with Gasteiger partial charge in [0, 0.05) is 4.88 Å². The number of aryl methyl sites for hydroxylation is 2. The maximum Gasteiger partial charge on any atom is 0.341 e. The van der Waals surface area contributed by atoms with Gasteiger partial charge >= 0.3 is 5.97 Å². The number of rotatable bonds is 6. The summed E-state index contributed by atoms with van der Waals surface area (Å²) in [7, 11) is 0. The van der Waals surface area contributed by atoms with E-state index >= 15 is 0 Å². The van der Waals surface area contributed by atoms with Crippen LogP contribution in [0.1, 0.15) is 67.2 Å². The molecule has 1 amide bonds.